The number of ether oxygens (including phenoxy) is 1. The molecule has 2 rings (SSSR count). The lowest BCUT2D eigenvalue weighted by Crippen LogP contribution is -2.21. The smallest absolute Gasteiger partial charge is 0.0468 e. The highest BCUT2D eigenvalue weighted by Crippen LogP contribution is 2.28. The first-order valence-corrected chi connectivity index (χ1v) is 7.40. The van der Waals surface area contributed by atoms with E-state index in [0.717, 1.165) is 38.4 Å². The van der Waals surface area contributed by atoms with Crippen LogP contribution in [0.4, 0.5) is 0 Å². The van der Waals surface area contributed by atoms with E-state index in [2.05, 4.69) is 45.0 Å². The van der Waals surface area contributed by atoms with Crippen molar-refractivity contribution < 1.29 is 4.74 Å². The van der Waals surface area contributed by atoms with Crippen molar-refractivity contribution in [3.8, 4) is 0 Å². The molecule has 1 aromatic rings. The Balaban J connectivity index is 1.97. The van der Waals surface area contributed by atoms with Gasteiger partial charge in [0.1, 0.15) is 0 Å². The summed E-state index contributed by atoms with van der Waals surface area (Å²) in [5, 5.41) is 0. The molecule has 2 heteroatoms. The van der Waals surface area contributed by atoms with Gasteiger partial charge < -0.3 is 10.5 Å². The van der Waals surface area contributed by atoms with E-state index >= 15 is 0 Å². The van der Waals surface area contributed by atoms with Crippen LogP contribution in [-0.2, 0) is 10.2 Å². The first-order chi connectivity index (χ1) is 8.97. The second-order valence-electron chi connectivity index (χ2n) is 6.77. The molecule has 19 heavy (non-hydrogen) atoms. The largest absolute Gasteiger partial charge is 0.381 e. The normalized spacial score (nSPS) is 19.4. The van der Waals surface area contributed by atoms with Gasteiger partial charge in [-0.2, -0.15) is 0 Å². The van der Waals surface area contributed by atoms with Crippen molar-refractivity contribution in [1.82, 2.24) is 0 Å². The monoisotopic (exact) mass is 261 g/mol. The van der Waals surface area contributed by atoms with Crippen LogP contribution in [0.3, 0.4) is 0 Å². The van der Waals surface area contributed by atoms with Gasteiger partial charge in [-0.3, -0.25) is 0 Å². The lowest BCUT2D eigenvalue weighted by molar-refractivity contribution is 0.0618. The lowest BCUT2D eigenvalue weighted by atomic mass is 9.85. The highest BCUT2D eigenvalue weighted by molar-refractivity contribution is 5.29. The quantitative estimate of drug-likeness (QED) is 0.898. The number of nitrogens with two attached hydrogens (primary N) is 1. The maximum absolute atomic E-state index is 6.34. The third kappa shape index (κ3) is 4.05. The van der Waals surface area contributed by atoms with Gasteiger partial charge in [0.15, 0.2) is 0 Å². The highest BCUT2D eigenvalue weighted by atomic mass is 16.5. The third-order valence-corrected chi connectivity index (χ3v) is 4.13. The van der Waals surface area contributed by atoms with Crippen molar-refractivity contribution in [2.45, 2.75) is 51.5 Å². The minimum atomic E-state index is 0.164. The topological polar surface area (TPSA) is 35.2 Å². The lowest BCUT2D eigenvalue weighted by Gasteiger charge is -2.25. The fourth-order valence-electron chi connectivity index (χ4n) is 2.71. The standard InChI is InChI=1S/C17H27NO/c1-17(2,3)15-6-4-14(5-7-15)16(18)12-13-8-10-19-11-9-13/h4-7,13,16H,8-12,18H2,1-3H3. The molecule has 0 aromatic heterocycles. The van der Waals surface area contributed by atoms with E-state index < -0.39 is 0 Å². The van der Waals surface area contributed by atoms with Crippen LogP contribution >= 0.6 is 0 Å². The van der Waals surface area contributed by atoms with Crippen molar-refractivity contribution in [1.29, 1.82) is 0 Å². The minimum Gasteiger partial charge on any atom is -0.381 e. The maximum atomic E-state index is 6.34. The van der Waals surface area contributed by atoms with Crippen molar-refractivity contribution in [2.24, 2.45) is 11.7 Å². The minimum absolute atomic E-state index is 0.164. The average Bonchev–Trinajstić information content (AvgIpc) is 2.39. The molecule has 1 heterocycles. The fourth-order valence-corrected chi connectivity index (χ4v) is 2.71. The zero-order chi connectivity index (χ0) is 13.9. The van der Waals surface area contributed by atoms with Gasteiger partial charge in [0.05, 0.1) is 0 Å². The molecule has 0 spiro atoms. The zero-order valence-electron chi connectivity index (χ0n) is 12.5. The second-order valence-corrected chi connectivity index (χ2v) is 6.77. The van der Waals surface area contributed by atoms with Crippen molar-refractivity contribution >= 4 is 0 Å². The van der Waals surface area contributed by atoms with Crippen molar-refractivity contribution in [2.75, 3.05) is 13.2 Å². The summed E-state index contributed by atoms with van der Waals surface area (Å²) in [6.45, 7) is 8.53. The molecule has 1 fully saturated rings. The SMILES string of the molecule is CC(C)(C)c1ccc(C(N)CC2CCOCC2)cc1. The molecule has 0 bridgehead atoms. The molecule has 1 atom stereocenters. The molecule has 2 nitrogen and oxygen atoms in total. The zero-order valence-corrected chi connectivity index (χ0v) is 12.5. The van der Waals surface area contributed by atoms with E-state index in [1.807, 2.05) is 0 Å². The number of rotatable bonds is 3. The molecule has 1 unspecified atom stereocenters. The molecule has 106 valence electrons. The summed E-state index contributed by atoms with van der Waals surface area (Å²) in [5.41, 5.74) is 9.19. The van der Waals surface area contributed by atoms with E-state index in [-0.39, 0.29) is 11.5 Å². The Bertz CT molecular complexity index is 385. The van der Waals surface area contributed by atoms with Gasteiger partial charge in [0.25, 0.3) is 0 Å². The van der Waals surface area contributed by atoms with Gasteiger partial charge in [-0.25, -0.2) is 0 Å². The van der Waals surface area contributed by atoms with Crippen molar-refractivity contribution in [3.05, 3.63) is 35.4 Å². The predicted octanol–water partition coefficient (Wildman–Crippen LogP) is 3.80. The van der Waals surface area contributed by atoms with E-state index in [1.54, 1.807) is 0 Å². The first-order valence-electron chi connectivity index (χ1n) is 7.40. The molecule has 0 amide bonds. The molecule has 1 saturated heterocycles. The molecular weight excluding hydrogens is 234 g/mol. The third-order valence-electron chi connectivity index (χ3n) is 4.13. The van der Waals surface area contributed by atoms with Gasteiger partial charge in [0.2, 0.25) is 0 Å². The van der Waals surface area contributed by atoms with Crippen LogP contribution in [0.15, 0.2) is 24.3 Å². The molecule has 1 aliphatic heterocycles. The van der Waals surface area contributed by atoms with Gasteiger partial charge in [-0.1, -0.05) is 45.0 Å². The van der Waals surface area contributed by atoms with Crippen LogP contribution in [0.2, 0.25) is 0 Å². The van der Waals surface area contributed by atoms with E-state index in [1.165, 1.54) is 11.1 Å². The predicted molar refractivity (Wildman–Crippen MR) is 80.2 cm³/mol. The Morgan fingerprint density at radius 2 is 1.74 bits per heavy atom. The summed E-state index contributed by atoms with van der Waals surface area (Å²) in [6, 6.07) is 9.00. The Kier molecular flexibility index (Phi) is 4.64. The Labute approximate surface area is 117 Å². The summed E-state index contributed by atoms with van der Waals surface area (Å²) in [4.78, 5) is 0. The molecule has 0 saturated carbocycles. The van der Waals surface area contributed by atoms with Gasteiger partial charge in [-0.15, -0.1) is 0 Å². The number of hydrogen-bond donors (Lipinski definition) is 1. The molecule has 2 N–H and O–H groups in total. The number of hydrogen-bond acceptors (Lipinski definition) is 2. The molecule has 0 radical (unpaired) electrons. The van der Waals surface area contributed by atoms with Gasteiger partial charge in [-0.05, 0) is 41.7 Å². The summed E-state index contributed by atoms with van der Waals surface area (Å²) < 4.78 is 5.40. The second kappa shape index (κ2) is 6.06. The summed E-state index contributed by atoms with van der Waals surface area (Å²) in [5.74, 6) is 0.728. The molecule has 0 aliphatic carbocycles. The van der Waals surface area contributed by atoms with Crippen molar-refractivity contribution in [3.63, 3.8) is 0 Å². The van der Waals surface area contributed by atoms with Gasteiger partial charge in [0, 0.05) is 19.3 Å². The van der Waals surface area contributed by atoms with Crippen LogP contribution in [0.5, 0.6) is 0 Å². The Hall–Kier alpha value is -0.860. The molecular formula is C17H27NO. The summed E-state index contributed by atoms with van der Waals surface area (Å²) >= 11 is 0. The van der Waals surface area contributed by atoms with Crippen LogP contribution in [0.25, 0.3) is 0 Å². The van der Waals surface area contributed by atoms with Crippen LogP contribution in [0, 0.1) is 5.92 Å². The van der Waals surface area contributed by atoms with Crippen LogP contribution < -0.4 is 5.73 Å². The first kappa shape index (κ1) is 14.5. The maximum Gasteiger partial charge on any atom is 0.0468 e. The molecule has 1 aliphatic rings. The van der Waals surface area contributed by atoms with E-state index in [4.69, 9.17) is 10.5 Å². The fraction of sp³-hybridized carbons (Fsp3) is 0.647. The summed E-state index contributed by atoms with van der Waals surface area (Å²) in [7, 11) is 0. The molecule has 1 aromatic carbocycles. The van der Waals surface area contributed by atoms with E-state index in [0.29, 0.717) is 0 Å². The number of benzene rings is 1. The summed E-state index contributed by atoms with van der Waals surface area (Å²) in [6.07, 6.45) is 3.40. The van der Waals surface area contributed by atoms with Gasteiger partial charge >= 0.3 is 0 Å². The Morgan fingerprint density at radius 1 is 1.16 bits per heavy atom. The highest BCUT2D eigenvalue weighted by Gasteiger charge is 2.19. The van der Waals surface area contributed by atoms with Crippen LogP contribution in [0.1, 0.15) is 57.2 Å². The Morgan fingerprint density at radius 3 is 2.26 bits per heavy atom. The van der Waals surface area contributed by atoms with Crippen LogP contribution in [-0.4, -0.2) is 13.2 Å². The average molecular weight is 261 g/mol. The van der Waals surface area contributed by atoms with E-state index in [9.17, 15) is 0 Å².